The summed E-state index contributed by atoms with van der Waals surface area (Å²) in [5, 5.41) is 3.57. The van der Waals surface area contributed by atoms with Crippen LogP contribution in [0.25, 0.3) is 6.08 Å². The van der Waals surface area contributed by atoms with E-state index < -0.39 is 11.9 Å². The Balaban J connectivity index is 1.53. The van der Waals surface area contributed by atoms with Crippen LogP contribution in [-0.2, 0) is 17.9 Å². The Labute approximate surface area is 221 Å². The number of amides is 3. The zero-order valence-corrected chi connectivity index (χ0v) is 22.0. The van der Waals surface area contributed by atoms with E-state index in [0.717, 1.165) is 16.7 Å². The van der Waals surface area contributed by atoms with Crippen LogP contribution in [0.2, 0.25) is 10.0 Å². The Morgan fingerprint density at radius 2 is 1.83 bits per heavy atom. The highest BCUT2D eigenvalue weighted by atomic mass is 79.9. The highest BCUT2D eigenvalue weighted by molar-refractivity contribution is 9.10. The molecule has 3 aromatic rings. The lowest BCUT2D eigenvalue weighted by molar-refractivity contribution is -0.123. The van der Waals surface area contributed by atoms with Gasteiger partial charge >= 0.3 is 6.03 Å². The van der Waals surface area contributed by atoms with E-state index in [4.69, 9.17) is 32.7 Å². The van der Waals surface area contributed by atoms with E-state index in [9.17, 15) is 9.59 Å². The molecule has 0 aromatic heterocycles. The number of urea groups is 1. The molecule has 0 spiro atoms. The summed E-state index contributed by atoms with van der Waals surface area (Å²) in [6, 6.07) is 16.0. The quantitative estimate of drug-likeness (QED) is 0.250. The van der Waals surface area contributed by atoms with Crippen molar-refractivity contribution in [2.75, 3.05) is 7.11 Å². The van der Waals surface area contributed by atoms with Crippen molar-refractivity contribution in [3.05, 3.63) is 97.1 Å². The molecule has 1 aliphatic heterocycles. The summed E-state index contributed by atoms with van der Waals surface area (Å²) in [7, 11) is 1.52. The van der Waals surface area contributed by atoms with Crippen molar-refractivity contribution >= 4 is 57.1 Å². The van der Waals surface area contributed by atoms with Crippen LogP contribution in [0, 0.1) is 6.92 Å². The Bertz CT molecular complexity index is 1340. The van der Waals surface area contributed by atoms with Crippen LogP contribution in [0.3, 0.4) is 0 Å². The minimum atomic E-state index is -0.463. The third-order valence-corrected chi connectivity index (χ3v) is 6.64. The fourth-order valence-corrected chi connectivity index (χ4v) is 4.52. The number of ether oxygens (including phenoxy) is 2. The number of nitrogens with zero attached hydrogens (tertiary/aromatic N) is 1. The molecule has 180 valence electrons. The van der Waals surface area contributed by atoms with E-state index in [1.165, 1.54) is 12.0 Å². The summed E-state index contributed by atoms with van der Waals surface area (Å²) in [5.41, 5.74) is 3.61. The monoisotopic (exact) mass is 574 g/mol. The van der Waals surface area contributed by atoms with Gasteiger partial charge in [0.05, 0.1) is 28.2 Å². The standard InChI is InChI=1S/C26H21BrCl2N2O4/c1-15-4-3-5-16(8-15)13-31-25(32)22(30-26(31)33)11-18-9-19(27)24(23(12-18)34-2)35-14-17-6-7-20(28)21(29)10-17/h3-12H,13-14H2,1-2H3,(H,30,33)/b22-11+. The Morgan fingerprint density at radius 3 is 2.54 bits per heavy atom. The SMILES string of the molecule is COc1cc(/C=C2/NC(=O)N(Cc3cccc(C)c3)C2=O)cc(Br)c1OCc1ccc(Cl)c(Cl)c1. The average Bonchev–Trinajstić information content (AvgIpc) is 3.07. The Morgan fingerprint density at radius 1 is 1.03 bits per heavy atom. The first-order chi connectivity index (χ1) is 16.7. The molecule has 1 aliphatic rings. The molecule has 0 saturated carbocycles. The molecule has 1 fully saturated rings. The van der Waals surface area contributed by atoms with Gasteiger partial charge in [0.15, 0.2) is 11.5 Å². The molecule has 9 heteroatoms. The summed E-state index contributed by atoms with van der Waals surface area (Å²) in [6.45, 7) is 2.40. The lowest BCUT2D eigenvalue weighted by Gasteiger charge is -2.14. The fraction of sp³-hybridized carbons (Fsp3) is 0.154. The third kappa shape index (κ3) is 5.81. The zero-order chi connectivity index (χ0) is 25.1. The molecule has 1 saturated heterocycles. The predicted octanol–water partition coefficient (Wildman–Crippen LogP) is 6.74. The third-order valence-electron chi connectivity index (χ3n) is 5.32. The number of hydrogen-bond donors (Lipinski definition) is 1. The fourth-order valence-electron chi connectivity index (χ4n) is 3.62. The van der Waals surface area contributed by atoms with Gasteiger partial charge in [-0.05, 0) is 69.9 Å². The number of methoxy groups -OCH3 is 1. The maximum Gasteiger partial charge on any atom is 0.329 e. The van der Waals surface area contributed by atoms with E-state index in [0.29, 0.717) is 31.6 Å². The van der Waals surface area contributed by atoms with Crippen molar-refractivity contribution in [2.24, 2.45) is 0 Å². The largest absolute Gasteiger partial charge is 0.493 e. The first kappa shape index (κ1) is 25.1. The number of hydrogen-bond acceptors (Lipinski definition) is 4. The molecule has 0 aliphatic carbocycles. The van der Waals surface area contributed by atoms with Gasteiger partial charge in [0, 0.05) is 0 Å². The van der Waals surface area contributed by atoms with Gasteiger partial charge in [-0.15, -0.1) is 0 Å². The maximum absolute atomic E-state index is 12.9. The molecule has 1 heterocycles. The maximum atomic E-state index is 12.9. The van der Waals surface area contributed by atoms with Gasteiger partial charge in [0.1, 0.15) is 12.3 Å². The summed E-state index contributed by atoms with van der Waals surface area (Å²) < 4.78 is 12.1. The summed E-state index contributed by atoms with van der Waals surface area (Å²) in [4.78, 5) is 26.6. The van der Waals surface area contributed by atoms with E-state index in [1.54, 1.807) is 30.3 Å². The van der Waals surface area contributed by atoms with Crippen LogP contribution in [0.1, 0.15) is 22.3 Å². The summed E-state index contributed by atoms with van der Waals surface area (Å²) in [5.74, 6) is 0.551. The molecule has 3 amide bonds. The molecule has 0 unspecified atom stereocenters. The second-order valence-corrected chi connectivity index (χ2v) is 9.61. The van der Waals surface area contributed by atoms with Crippen LogP contribution < -0.4 is 14.8 Å². The molecule has 35 heavy (non-hydrogen) atoms. The van der Waals surface area contributed by atoms with Crippen molar-refractivity contribution in [3.63, 3.8) is 0 Å². The van der Waals surface area contributed by atoms with Crippen molar-refractivity contribution in [2.45, 2.75) is 20.1 Å². The highest BCUT2D eigenvalue weighted by Gasteiger charge is 2.33. The summed E-state index contributed by atoms with van der Waals surface area (Å²) >= 11 is 15.6. The number of carbonyl (C=O) groups is 2. The molecular formula is C26H21BrCl2N2O4. The van der Waals surface area contributed by atoms with E-state index in [-0.39, 0.29) is 18.8 Å². The molecule has 6 nitrogen and oxygen atoms in total. The molecule has 0 atom stereocenters. The molecule has 0 radical (unpaired) electrons. The van der Waals surface area contributed by atoms with E-state index >= 15 is 0 Å². The first-order valence-electron chi connectivity index (χ1n) is 10.6. The summed E-state index contributed by atoms with van der Waals surface area (Å²) in [6.07, 6.45) is 1.60. The van der Waals surface area contributed by atoms with Crippen LogP contribution in [0.5, 0.6) is 11.5 Å². The van der Waals surface area contributed by atoms with Gasteiger partial charge in [-0.3, -0.25) is 9.69 Å². The predicted molar refractivity (Wildman–Crippen MR) is 140 cm³/mol. The number of nitrogens with one attached hydrogen (secondary N) is 1. The highest BCUT2D eigenvalue weighted by Crippen LogP contribution is 2.38. The van der Waals surface area contributed by atoms with Gasteiger partial charge in [0.2, 0.25) is 0 Å². The number of imide groups is 1. The first-order valence-corrected chi connectivity index (χ1v) is 12.1. The minimum absolute atomic E-state index is 0.182. The lowest BCUT2D eigenvalue weighted by atomic mass is 10.1. The second kappa shape index (κ2) is 10.7. The van der Waals surface area contributed by atoms with E-state index in [1.807, 2.05) is 37.3 Å². The number of rotatable bonds is 7. The van der Waals surface area contributed by atoms with Gasteiger partial charge in [-0.25, -0.2) is 4.79 Å². The number of benzene rings is 3. The van der Waals surface area contributed by atoms with Crippen LogP contribution in [-0.4, -0.2) is 23.9 Å². The number of halogens is 3. The van der Waals surface area contributed by atoms with Crippen molar-refractivity contribution < 1.29 is 19.1 Å². The van der Waals surface area contributed by atoms with Crippen molar-refractivity contribution in [1.82, 2.24) is 10.2 Å². The minimum Gasteiger partial charge on any atom is -0.493 e. The van der Waals surface area contributed by atoms with Gasteiger partial charge in [-0.1, -0.05) is 59.1 Å². The Kier molecular flexibility index (Phi) is 7.69. The average molecular weight is 576 g/mol. The molecule has 1 N–H and O–H groups in total. The van der Waals surface area contributed by atoms with Crippen LogP contribution in [0.4, 0.5) is 4.79 Å². The van der Waals surface area contributed by atoms with Gasteiger partial charge in [-0.2, -0.15) is 0 Å². The zero-order valence-electron chi connectivity index (χ0n) is 18.9. The van der Waals surface area contributed by atoms with E-state index in [2.05, 4.69) is 21.2 Å². The van der Waals surface area contributed by atoms with Crippen LogP contribution in [0.15, 0.2) is 64.8 Å². The van der Waals surface area contributed by atoms with Crippen molar-refractivity contribution in [1.29, 1.82) is 0 Å². The number of carbonyl (C=O) groups excluding carboxylic acids is 2. The molecular weight excluding hydrogens is 555 g/mol. The topological polar surface area (TPSA) is 67.9 Å². The Hall–Kier alpha value is -3.00. The normalized spacial score (nSPS) is 14.4. The second-order valence-electron chi connectivity index (χ2n) is 7.94. The lowest BCUT2D eigenvalue weighted by Crippen LogP contribution is -2.30. The smallest absolute Gasteiger partial charge is 0.329 e. The van der Waals surface area contributed by atoms with Gasteiger partial charge < -0.3 is 14.8 Å². The van der Waals surface area contributed by atoms with Gasteiger partial charge in [0.25, 0.3) is 5.91 Å². The molecule has 3 aromatic carbocycles. The molecule has 0 bridgehead atoms. The van der Waals surface area contributed by atoms with Crippen LogP contribution >= 0.6 is 39.1 Å². The molecule has 4 rings (SSSR count). The number of aryl methyl sites for hydroxylation is 1. The van der Waals surface area contributed by atoms with Crippen molar-refractivity contribution in [3.8, 4) is 11.5 Å².